The molecule has 1 aromatic heterocycles. The van der Waals surface area contributed by atoms with Gasteiger partial charge >= 0.3 is 0 Å². The van der Waals surface area contributed by atoms with Crippen LogP contribution in [0.5, 0.6) is 0 Å². The maximum Gasteiger partial charge on any atom is 0.274 e. The topological polar surface area (TPSA) is 54.4 Å². The summed E-state index contributed by atoms with van der Waals surface area (Å²) in [7, 11) is 0. The maximum absolute atomic E-state index is 11.8. The first kappa shape index (κ1) is 11.6. The van der Waals surface area contributed by atoms with Crippen LogP contribution in [0.25, 0.3) is 0 Å². The Hall–Kier alpha value is -2.49. The number of nitrogens with one attached hydrogen (secondary N) is 1. The van der Waals surface area contributed by atoms with Gasteiger partial charge in [-0.1, -0.05) is 24.3 Å². The Bertz CT molecular complexity index is 635. The largest absolute Gasteiger partial charge is 0.320 e. The van der Waals surface area contributed by atoms with Gasteiger partial charge in [0.05, 0.1) is 5.69 Å². The molecule has 0 saturated heterocycles. The first-order valence-corrected chi connectivity index (χ1v) is 6.20. The molecule has 1 aliphatic rings. The SMILES string of the molecule is O=C1Nc2ccccc2C1=NCCc1ccccn1. The van der Waals surface area contributed by atoms with Crippen LogP contribution in [0.15, 0.2) is 53.7 Å². The molecule has 19 heavy (non-hydrogen) atoms. The summed E-state index contributed by atoms with van der Waals surface area (Å²) in [5, 5.41) is 2.81. The van der Waals surface area contributed by atoms with E-state index < -0.39 is 0 Å². The second-order valence-corrected chi connectivity index (χ2v) is 4.30. The molecular formula is C15H13N3O. The van der Waals surface area contributed by atoms with E-state index in [0.717, 1.165) is 23.4 Å². The normalized spacial score (nSPS) is 15.4. The van der Waals surface area contributed by atoms with Crippen molar-refractivity contribution in [3.8, 4) is 0 Å². The van der Waals surface area contributed by atoms with Crippen LogP contribution in [-0.4, -0.2) is 23.1 Å². The molecule has 0 radical (unpaired) electrons. The van der Waals surface area contributed by atoms with Crippen LogP contribution >= 0.6 is 0 Å². The molecule has 4 nitrogen and oxygen atoms in total. The van der Waals surface area contributed by atoms with Gasteiger partial charge in [-0.2, -0.15) is 0 Å². The molecule has 1 amide bonds. The highest BCUT2D eigenvalue weighted by Gasteiger charge is 2.24. The molecule has 1 N–H and O–H groups in total. The van der Waals surface area contributed by atoms with Crippen LogP contribution in [0.4, 0.5) is 5.69 Å². The number of carbonyl (C=O) groups is 1. The lowest BCUT2D eigenvalue weighted by Crippen LogP contribution is -2.15. The van der Waals surface area contributed by atoms with Gasteiger partial charge in [0.15, 0.2) is 0 Å². The number of pyridine rings is 1. The number of rotatable bonds is 3. The van der Waals surface area contributed by atoms with E-state index in [-0.39, 0.29) is 5.91 Å². The summed E-state index contributed by atoms with van der Waals surface area (Å²) < 4.78 is 0. The van der Waals surface area contributed by atoms with E-state index in [1.165, 1.54) is 0 Å². The van der Waals surface area contributed by atoms with Crippen molar-refractivity contribution in [2.45, 2.75) is 6.42 Å². The molecule has 1 aromatic carbocycles. The van der Waals surface area contributed by atoms with Crippen LogP contribution in [0.2, 0.25) is 0 Å². The van der Waals surface area contributed by atoms with Crippen molar-refractivity contribution < 1.29 is 4.79 Å². The zero-order valence-corrected chi connectivity index (χ0v) is 10.3. The number of hydrogen-bond acceptors (Lipinski definition) is 3. The highest BCUT2D eigenvalue weighted by atomic mass is 16.2. The molecular weight excluding hydrogens is 238 g/mol. The number of anilines is 1. The highest BCUT2D eigenvalue weighted by Crippen LogP contribution is 2.22. The molecule has 0 bridgehead atoms. The van der Waals surface area contributed by atoms with E-state index in [2.05, 4.69) is 15.3 Å². The van der Waals surface area contributed by atoms with Gasteiger partial charge in [-0.3, -0.25) is 14.8 Å². The van der Waals surface area contributed by atoms with Gasteiger partial charge < -0.3 is 5.32 Å². The summed E-state index contributed by atoms with van der Waals surface area (Å²) in [5.41, 5.74) is 3.22. The number of para-hydroxylation sites is 1. The third kappa shape index (κ3) is 2.38. The van der Waals surface area contributed by atoms with Crippen LogP contribution < -0.4 is 5.32 Å². The van der Waals surface area contributed by atoms with Crippen molar-refractivity contribution in [1.29, 1.82) is 0 Å². The Kier molecular flexibility index (Phi) is 3.06. The zero-order chi connectivity index (χ0) is 13.1. The lowest BCUT2D eigenvalue weighted by Gasteiger charge is -1.98. The summed E-state index contributed by atoms with van der Waals surface area (Å²) in [6.45, 7) is 0.564. The average molecular weight is 251 g/mol. The van der Waals surface area contributed by atoms with Crippen molar-refractivity contribution >= 4 is 17.3 Å². The number of fused-ring (bicyclic) bond motifs is 1. The van der Waals surface area contributed by atoms with Gasteiger partial charge in [0.25, 0.3) is 5.91 Å². The summed E-state index contributed by atoms with van der Waals surface area (Å²) in [6, 6.07) is 13.4. The number of carbonyl (C=O) groups excluding carboxylic acids is 1. The second-order valence-electron chi connectivity index (χ2n) is 4.30. The van der Waals surface area contributed by atoms with Crippen LogP contribution in [-0.2, 0) is 11.2 Å². The minimum absolute atomic E-state index is 0.123. The first-order valence-electron chi connectivity index (χ1n) is 6.20. The molecule has 2 aromatic rings. The molecule has 4 heteroatoms. The third-order valence-corrected chi connectivity index (χ3v) is 3.01. The van der Waals surface area contributed by atoms with E-state index in [1.54, 1.807) is 6.20 Å². The second kappa shape index (κ2) is 5.02. The van der Waals surface area contributed by atoms with Crippen LogP contribution in [0, 0.1) is 0 Å². The molecule has 0 fully saturated rings. The monoisotopic (exact) mass is 251 g/mol. The van der Waals surface area contributed by atoms with E-state index in [4.69, 9.17) is 0 Å². The summed E-state index contributed by atoms with van der Waals surface area (Å²) >= 11 is 0. The number of aliphatic imine (C=N–C) groups is 1. The Morgan fingerprint density at radius 1 is 1.11 bits per heavy atom. The zero-order valence-electron chi connectivity index (χ0n) is 10.3. The fourth-order valence-corrected chi connectivity index (χ4v) is 2.09. The molecule has 0 saturated carbocycles. The lowest BCUT2D eigenvalue weighted by atomic mass is 10.1. The van der Waals surface area contributed by atoms with Crippen molar-refractivity contribution in [2.24, 2.45) is 4.99 Å². The lowest BCUT2D eigenvalue weighted by molar-refractivity contribution is -0.110. The molecule has 0 atom stereocenters. The molecule has 1 aliphatic heterocycles. The molecule has 0 spiro atoms. The number of aromatic nitrogens is 1. The smallest absolute Gasteiger partial charge is 0.274 e. The van der Waals surface area contributed by atoms with Crippen molar-refractivity contribution in [2.75, 3.05) is 11.9 Å². The molecule has 2 heterocycles. The van der Waals surface area contributed by atoms with Crippen LogP contribution in [0.1, 0.15) is 11.3 Å². The summed E-state index contributed by atoms with van der Waals surface area (Å²) in [4.78, 5) is 20.5. The van der Waals surface area contributed by atoms with Gasteiger partial charge in [-0.05, 0) is 18.2 Å². The fraction of sp³-hybridized carbons (Fsp3) is 0.133. The Morgan fingerprint density at radius 2 is 1.95 bits per heavy atom. The minimum Gasteiger partial charge on any atom is -0.320 e. The van der Waals surface area contributed by atoms with Gasteiger partial charge in [-0.15, -0.1) is 0 Å². The predicted molar refractivity (Wildman–Crippen MR) is 74.4 cm³/mol. The van der Waals surface area contributed by atoms with Crippen molar-refractivity contribution in [3.05, 3.63) is 59.9 Å². The molecule has 94 valence electrons. The third-order valence-electron chi connectivity index (χ3n) is 3.01. The van der Waals surface area contributed by atoms with E-state index in [0.29, 0.717) is 12.3 Å². The summed E-state index contributed by atoms with van der Waals surface area (Å²) in [6.07, 6.45) is 2.50. The number of hydrogen-bond donors (Lipinski definition) is 1. The minimum atomic E-state index is -0.123. The maximum atomic E-state index is 11.8. The Morgan fingerprint density at radius 3 is 2.79 bits per heavy atom. The average Bonchev–Trinajstić information content (AvgIpc) is 2.76. The van der Waals surface area contributed by atoms with Crippen LogP contribution in [0.3, 0.4) is 0 Å². The molecule has 3 rings (SSSR count). The van der Waals surface area contributed by atoms with Gasteiger partial charge in [-0.25, -0.2) is 0 Å². The van der Waals surface area contributed by atoms with E-state index in [1.807, 2.05) is 42.5 Å². The number of nitrogens with zero attached hydrogens (tertiary/aromatic N) is 2. The fourth-order valence-electron chi connectivity index (χ4n) is 2.09. The predicted octanol–water partition coefficient (Wildman–Crippen LogP) is 2.07. The van der Waals surface area contributed by atoms with Gasteiger partial charge in [0.2, 0.25) is 0 Å². The highest BCUT2D eigenvalue weighted by molar-refractivity contribution is 6.53. The molecule has 0 aliphatic carbocycles. The first-order chi connectivity index (χ1) is 9.34. The van der Waals surface area contributed by atoms with Crippen molar-refractivity contribution in [3.63, 3.8) is 0 Å². The quantitative estimate of drug-likeness (QED) is 0.907. The van der Waals surface area contributed by atoms with Crippen molar-refractivity contribution in [1.82, 2.24) is 4.98 Å². The molecule has 0 unspecified atom stereocenters. The standard InChI is InChI=1S/C15H13N3O/c19-15-14(12-6-1-2-7-13(12)18-15)17-10-8-11-5-3-4-9-16-11/h1-7,9H,8,10H2,(H,17,18,19). The Labute approximate surface area is 111 Å². The van der Waals surface area contributed by atoms with Gasteiger partial charge in [0, 0.05) is 30.4 Å². The number of amides is 1. The van der Waals surface area contributed by atoms with E-state index in [9.17, 15) is 4.79 Å². The van der Waals surface area contributed by atoms with E-state index >= 15 is 0 Å². The Balaban J connectivity index is 1.76. The van der Waals surface area contributed by atoms with Gasteiger partial charge in [0.1, 0.15) is 5.71 Å². The summed E-state index contributed by atoms with van der Waals surface area (Å²) in [5.74, 6) is -0.123. The number of benzene rings is 1.